The van der Waals surface area contributed by atoms with Gasteiger partial charge >= 0.3 is 0 Å². The van der Waals surface area contributed by atoms with Crippen molar-refractivity contribution < 1.29 is 9.53 Å². The van der Waals surface area contributed by atoms with Gasteiger partial charge in [0.1, 0.15) is 5.75 Å². The summed E-state index contributed by atoms with van der Waals surface area (Å²) in [6, 6.07) is 5.14. The van der Waals surface area contributed by atoms with E-state index in [1.54, 1.807) is 18.2 Å². The molecule has 0 bridgehead atoms. The maximum atomic E-state index is 12.1. The molecule has 0 radical (unpaired) electrons. The second-order valence-electron chi connectivity index (χ2n) is 5.59. The number of hydrogen-bond donors (Lipinski definition) is 0. The minimum atomic E-state index is 0.229. The molecule has 1 heterocycles. The van der Waals surface area contributed by atoms with E-state index in [9.17, 15) is 4.79 Å². The van der Waals surface area contributed by atoms with Gasteiger partial charge < -0.3 is 9.64 Å². The van der Waals surface area contributed by atoms with E-state index in [1.165, 1.54) is 0 Å². The molecule has 1 aliphatic heterocycles. The van der Waals surface area contributed by atoms with Crippen LogP contribution in [0.5, 0.6) is 5.75 Å². The Balaban J connectivity index is 1.68. The van der Waals surface area contributed by atoms with E-state index >= 15 is 0 Å². The minimum Gasteiger partial charge on any atom is -0.492 e. The maximum absolute atomic E-state index is 12.1. The number of halogens is 2. The van der Waals surface area contributed by atoms with Crippen molar-refractivity contribution in [3.05, 3.63) is 28.2 Å². The summed E-state index contributed by atoms with van der Waals surface area (Å²) >= 11 is 11.8. The van der Waals surface area contributed by atoms with Crippen molar-refractivity contribution >= 4 is 29.1 Å². The van der Waals surface area contributed by atoms with E-state index in [1.807, 2.05) is 4.90 Å². The first-order valence-electron chi connectivity index (χ1n) is 7.42. The lowest BCUT2D eigenvalue weighted by molar-refractivity contribution is -0.132. The van der Waals surface area contributed by atoms with Crippen LogP contribution in [0, 0.1) is 5.92 Å². The van der Waals surface area contributed by atoms with E-state index in [0.717, 1.165) is 31.8 Å². The fourth-order valence-electron chi connectivity index (χ4n) is 2.41. The lowest BCUT2D eigenvalue weighted by Gasteiger charge is -2.30. The zero-order chi connectivity index (χ0) is 15.2. The van der Waals surface area contributed by atoms with Crippen molar-refractivity contribution in [2.24, 2.45) is 5.92 Å². The number of nitrogens with zero attached hydrogens (tertiary/aromatic N) is 1. The lowest BCUT2D eigenvalue weighted by atomic mass is 9.99. The average molecular weight is 330 g/mol. The molecule has 0 unspecified atom stereocenters. The second-order valence-corrected chi connectivity index (χ2v) is 6.43. The third-order valence-corrected chi connectivity index (χ3v) is 4.35. The molecular formula is C16H21Cl2NO2. The van der Waals surface area contributed by atoms with Crippen LogP contribution in [0.4, 0.5) is 0 Å². The molecule has 0 saturated carbocycles. The third-order valence-electron chi connectivity index (χ3n) is 3.82. The summed E-state index contributed by atoms with van der Waals surface area (Å²) in [4.78, 5) is 14.0. The van der Waals surface area contributed by atoms with Gasteiger partial charge in [0.2, 0.25) is 5.91 Å². The van der Waals surface area contributed by atoms with Gasteiger partial charge in [-0.3, -0.25) is 4.79 Å². The number of ether oxygens (including phenoxy) is 1. The molecule has 1 aliphatic rings. The number of carbonyl (C=O) groups excluding carboxylic acids is 1. The summed E-state index contributed by atoms with van der Waals surface area (Å²) in [6.07, 6.45) is 3.45. The van der Waals surface area contributed by atoms with Gasteiger partial charge in [-0.25, -0.2) is 0 Å². The van der Waals surface area contributed by atoms with Crippen LogP contribution in [-0.2, 0) is 4.79 Å². The number of benzene rings is 1. The standard InChI is InChI=1S/C16H21Cl2NO2/c1-12-6-8-19(9-7-12)16(20)3-2-10-21-15-5-4-13(17)11-14(15)18/h4-5,11-12H,2-3,6-10H2,1H3. The first kappa shape index (κ1) is 16.4. The molecule has 1 aromatic carbocycles. The Hall–Kier alpha value is -0.930. The van der Waals surface area contributed by atoms with Crippen LogP contribution in [0.2, 0.25) is 10.0 Å². The van der Waals surface area contributed by atoms with Crippen LogP contribution in [0.3, 0.4) is 0 Å². The van der Waals surface area contributed by atoms with Crippen molar-refractivity contribution in [1.29, 1.82) is 0 Å². The number of likely N-dealkylation sites (tertiary alicyclic amines) is 1. The molecule has 1 fully saturated rings. The maximum Gasteiger partial charge on any atom is 0.222 e. The minimum absolute atomic E-state index is 0.229. The second kappa shape index (κ2) is 7.90. The summed E-state index contributed by atoms with van der Waals surface area (Å²) in [5.41, 5.74) is 0. The van der Waals surface area contributed by atoms with E-state index in [2.05, 4.69) is 6.92 Å². The smallest absolute Gasteiger partial charge is 0.222 e. The van der Waals surface area contributed by atoms with Crippen LogP contribution in [0.1, 0.15) is 32.6 Å². The molecule has 116 valence electrons. The highest BCUT2D eigenvalue weighted by atomic mass is 35.5. The Kier molecular flexibility index (Phi) is 6.19. The molecule has 21 heavy (non-hydrogen) atoms. The van der Waals surface area contributed by atoms with Crippen molar-refractivity contribution in [3.8, 4) is 5.75 Å². The van der Waals surface area contributed by atoms with Gasteiger partial charge in [0.05, 0.1) is 11.6 Å². The SMILES string of the molecule is CC1CCN(C(=O)CCCOc2ccc(Cl)cc2Cl)CC1. The summed E-state index contributed by atoms with van der Waals surface area (Å²) < 4.78 is 5.59. The molecule has 5 heteroatoms. The molecule has 0 atom stereocenters. The zero-order valence-electron chi connectivity index (χ0n) is 12.3. The highest BCUT2D eigenvalue weighted by Crippen LogP contribution is 2.27. The topological polar surface area (TPSA) is 29.5 Å². The molecule has 1 amide bonds. The molecule has 0 aromatic heterocycles. The van der Waals surface area contributed by atoms with Gasteiger partial charge in [-0.15, -0.1) is 0 Å². The van der Waals surface area contributed by atoms with E-state index < -0.39 is 0 Å². The molecule has 0 spiro atoms. The zero-order valence-corrected chi connectivity index (χ0v) is 13.8. The number of carbonyl (C=O) groups is 1. The molecule has 1 saturated heterocycles. The monoisotopic (exact) mass is 329 g/mol. The van der Waals surface area contributed by atoms with Gasteiger partial charge in [0, 0.05) is 24.5 Å². The summed E-state index contributed by atoms with van der Waals surface area (Å²) in [5, 5.41) is 1.08. The Morgan fingerprint density at radius 1 is 1.33 bits per heavy atom. The largest absolute Gasteiger partial charge is 0.492 e. The summed E-state index contributed by atoms with van der Waals surface area (Å²) in [7, 11) is 0. The fraction of sp³-hybridized carbons (Fsp3) is 0.562. The van der Waals surface area contributed by atoms with Crippen LogP contribution >= 0.6 is 23.2 Å². The Morgan fingerprint density at radius 3 is 2.71 bits per heavy atom. The van der Waals surface area contributed by atoms with Crippen molar-refractivity contribution in [3.63, 3.8) is 0 Å². The third kappa shape index (κ3) is 5.08. The van der Waals surface area contributed by atoms with Gasteiger partial charge in [-0.2, -0.15) is 0 Å². The molecule has 3 nitrogen and oxygen atoms in total. The van der Waals surface area contributed by atoms with Crippen LogP contribution in [0.15, 0.2) is 18.2 Å². The van der Waals surface area contributed by atoms with Crippen molar-refractivity contribution in [2.75, 3.05) is 19.7 Å². The molecule has 1 aromatic rings. The number of hydrogen-bond acceptors (Lipinski definition) is 2. The first-order chi connectivity index (χ1) is 10.1. The lowest BCUT2D eigenvalue weighted by Crippen LogP contribution is -2.37. The van der Waals surface area contributed by atoms with E-state index in [4.69, 9.17) is 27.9 Å². The molecule has 0 aliphatic carbocycles. The van der Waals surface area contributed by atoms with Gasteiger partial charge in [0.25, 0.3) is 0 Å². The molecule has 2 rings (SSSR count). The number of piperidine rings is 1. The summed E-state index contributed by atoms with van der Waals surface area (Å²) in [5.74, 6) is 1.58. The molecular weight excluding hydrogens is 309 g/mol. The van der Waals surface area contributed by atoms with Crippen LogP contribution in [0.25, 0.3) is 0 Å². The predicted molar refractivity (Wildman–Crippen MR) is 86.2 cm³/mol. The number of amides is 1. The summed E-state index contributed by atoms with van der Waals surface area (Å²) in [6.45, 7) is 4.51. The fourth-order valence-corrected chi connectivity index (χ4v) is 2.88. The van der Waals surface area contributed by atoms with Crippen LogP contribution < -0.4 is 4.74 Å². The quantitative estimate of drug-likeness (QED) is 0.749. The average Bonchev–Trinajstić information content (AvgIpc) is 2.46. The normalized spacial score (nSPS) is 16.0. The van der Waals surface area contributed by atoms with Crippen molar-refractivity contribution in [2.45, 2.75) is 32.6 Å². The van der Waals surface area contributed by atoms with Crippen LogP contribution in [-0.4, -0.2) is 30.5 Å². The van der Waals surface area contributed by atoms with E-state index in [-0.39, 0.29) is 5.91 Å². The van der Waals surface area contributed by atoms with Gasteiger partial charge in [-0.05, 0) is 43.4 Å². The molecule has 0 N–H and O–H groups in total. The highest BCUT2D eigenvalue weighted by molar-refractivity contribution is 6.35. The van der Waals surface area contributed by atoms with Crippen molar-refractivity contribution in [1.82, 2.24) is 4.90 Å². The Morgan fingerprint density at radius 2 is 2.05 bits per heavy atom. The predicted octanol–water partition coefficient (Wildman–Crippen LogP) is 4.41. The number of rotatable bonds is 5. The highest BCUT2D eigenvalue weighted by Gasteiger charge is 2.19. The first-order valence-corrected chi connectivity index (χ1v) is 8.17. The van der Waals surface area contributed by atoms with Gasteiger partial charge in [0.15, 0.2) is 0 Å². The Labute approximate surface area is 136 Å². The Bertz CT molecular complexity index is 485. The van der Waals surface area contributed by atoms with Gasteiger partial charge in [-0.1, -0.05) is 30.1 Å². The van der Waals surface area contributed by atoms with E-state index in [0.29, 0.717) is 35.2 Å².